The monoisotopic (exact) mass is 392 g/mol. The van der Waals surface area contributed by atoms with E-state index < -0.39 is 0 Å². The average Bonchev–Trinajstić information content (AvgIpc) is 3.34. The lowest BCUT2D eigenvalue weighted by atomic mass is 10.0. The van der Waals surface area contributed by atoms with Crippen LogP contribution in [-0.2, 0) is 6.54 Å². The molecule has 0 amide bonds. The third kappa shape index (κ3) is 3.91. The molecule has 0 aliphatic carbocycles. The van der Waals surface area contributed by atoms with E-state index in [4.69, 9.17) is 9.26 Å². The van der Waals surface area contributed by atoms with E-state index in [-0.39, 0.29) is 18.4 Å². The molecule has 6 nitrogen and oxygen atoms in total. The van der Waals surface area contributed by atoms with Gasteiger partial charge in [0.1, 0.15) is 5.75 Å². The summed E-state index contributed by atoms with van der Waals surface area (Å²) < 4.78 is 11.0. The lowest BCUT2D eigenvalue weighted by molar-refractivity contribution is 0.133. The number of hydrogen-bond acceptors (Lipinski definition) is 7. The van der Waals surface area contributed by atoms with Crippen LogP contribution in [0.3, 0.4) is 0 Å². The molecule has 0 bridgehead atoms. The summed E-state index contributed by atoms with van der Waals surface area (Å²) in [6, 6.07) is 12.4. The van der Waals surface area contributed by atoms with E-state index in [0.29, 0.717) is 18.3 Å². The van der Waals surface area contributed by atoms with Gasteiger partial charge in [-0.15, -0.1) is 23.7 Å². The second-order valence-electron chi connectivity index (χ2n) is 5.92. The highest BCUT2D eigenvalue weighted by Gasteiger charge is 2.27. The second kappa shape index (κ2) is 8.64. The average molecular weight is 393 g/mol. The summed E-state index contributed by atoms with van der Waals surface area (Å²) in [5, 5.41) is 9.59. The molecule has 0 spiro atoms. The van der Waals surface area contributed by atoms with Crippen LogP contribution in [0.2, 0.25) is 0 Å². The van der Waals surface area contributed by atoms with Gasteiger partial charge in [0.25, 0.3) is 0 Å². The smallest absolute Gasteiger partial charge is 0.241 e. The van der Waals surface area contributed by atoms with Crippen LogP contribution in [0.5, 0.6) is 5.75 Å². The predicted octanol–water partition coefficient (Wildman–Crippen LogP) is 3.38. The summed E-state index contributed by atoms with van der Waals surface area (Å²) in [7, 11) is 1.71. The van der Waals surface area contributed by atoms with Crippen LogP contribution in [0.25, 0.3) is 10.7 Å². The van der Waals surface area contributed by atoms with Crippen molar-refractivity contribution in [3.8, 4) is 16.5 Å². The van der Waals surface area contributed by atoms with Crippen LogP contribution in [0.4, 0.5) is 0 Å². The van der Waals surface area contributed by atoms with Gasteiger partial charge in [-0.05, 0) is 17.5 Å². The highest BCUT2D eigenvalue weighted by molar-refractivity contribution is 7.13. The molecule has 1 saturated heterocycles. The zero-order valence-electron chi connectivity index (χ0n) is 14.4. The molecule has 3 aromatic rings. The Hall–Kier alpha value is -1.93. The molecular weight excluding hydrogens is 372 g/mol. The van der Waals surface area contributed by atoms with E-state index >= 15 is 0 Å². The summed E-state index contributed by atoms with van der Waals surface area (Å²) in [4.78, 5) is 7.94. The van der Waals surface area contributed by atoms with Crippen molar-refractivity contribution in [3.05, 3.63) is 53.2 Å². The van der Waals surface area contributed by atoms with Crippen molar-refractivity contribution in [3.63, 3.8) is 0 Å². The molecule has 4 rings (SSSR count). The minimum atomic E-state index is 0. The molecule has 1 aliphatic rings. The molecule has 138 valence electrons. The Morgan fingerprint density at radius 3 is 3.00 bits per heavy atom. The van der Waals surface area contributed by atoms with Gasteiger partial charge in [-0.2, -0.15) is 4.98 Å². The fraction of sp³-hybridized carbons (Fsp3) is 0.333. The fourth-order valence-corrected chi connectivity index (χ4v) is 3.83. The summed E-state index contributed by atoms with van der Waals surface area (Å²) >= 11 is 1.61. The van der Waals surface area contributed by atoms with E-state index in [1.807, 2.05) is 35.7 Å². The number of nitrogens with one attached hydrogen (secondary N) is 1. The highest BCUT2D eigenvalue weighted by atomic mass is 35.5. The van der Waals surface area contributed by atoms with E-state index in [1.54, 1.807) is 18.4 Å². The minimum Gasteiger partial charge on any atom is -0.496 e. The van der Waals surface area contributed by atoms with Crippen molar-refractivity contribution in [1.82, 2.24) is 20.4 Å². The number of aromatic nitrogens is 2. The minimum absolute atomic E-state index is 0. The Morgan fingerprint density at radius 2 is 2.19 bits per heavy atom. The van der Waals surface area contributed by atoms with E-state index in [2.05, 4.69) is 26.4 Å². The number of para-hydroxylation sites is 1. The lowest BCUT2D eigenvalue weighted by Gasteiger charge is -2.36. The predicted molar refractivity (Wildman–Crippen MR) is 104 cm³/mol. The summed E-state index contributed by atoms with van der Waals surface area (Å²) in [6.45, 7) is 3.35. The Bertz CT molecular complexity index is 824. The van der Waals surface area contributed by atoms with Crippen LogP contribution in [0.15, 0.2) is 46.3 Å². The van der Waals surface area contributed by atoms with E-state index in [1.165, 1.54) is 5.56 Å². The largest absolute Gasteiger partial charge is 0.496 e. The zero-order valence-corrected chi connectivity index (χ0v) is 16.1. The SMILES string of the molecule is COc1ccccc1C1CNCCN1Cc1nc(-c2cccs2)no1.Cl. The highest BCUT2D eigenvalue weighted by Crippen LogP contribution is 2.31. The van der Waals surface area contributed by atoms with Gasteiger partial charge in [0.05, 0.1) is 24.6 Å². The third-order valence-corrected chi connectivity index (χ3v) is 5.27. The zero-order chi connectivity index (χ0) is 17.1. The van der Waals surface area contributed by atoms with Gasteiger partial charge < -0.3 is 14.6 Å². The normalized spacial score (nSPS) is 17.7. The Kier molecular flexibility index (Phi) is 6.26. The maximum atomic E-state index is 5.55. The van der Waals surface area contributed by atoms with Crippen LogP contribution >= 0.6 is 23.7 Å². The van der Waals surface area contributed by atoms with Gasteiger partial charge >= 0.3 is 0 Å². The number of halogens is 1. The van der Waals surface area contributed by atoms with Gasteiger partial charge in [0.15, 0.2) is 0 Å². The number of methoxy groups -OCH3 is 1. The quantitative estimate of drug-likeness (QED) is 0.718. The standard InChI is InChI=1S/C18H20N4O2S.ClH/c1-23-15-6-3-2-5-13(15)14-11-19-8-9-22(14)12-17-20-18(21-24-17)16-7-4-10-25-16;/h2-7,10,14,19H,8-9,11-12H2,1H3;1H. The van der Waals surface area contributed by atoms with Gasteiger partial charge in [-0.25, -0.2) is 0 Å². The van der Waals surface area contributed by atoms with Crippen molar-refractivity contribution in [2.75, 3.05) is 26.7 Å². The van der Waals surface area contributed by atoms with Crippen LogP contribution in [-0.4, -0.2) is 41.8 Å². The van der Waals surface area contributed by atoms with Crippen molar-refractivity contribution >= 4 is 23.7 Å². The van der Waals surface area contributed by atoms with Crippen LogP contribution < -0.4 is 10.1 Å². The number of rotatable bonds is 5. The molecule has 1 atom stereocenters. The molecule has 2 aromatic heterocycles. The van der Waals surface area contributed by atoms with Crippen molar-refractivity contribution in [1.29, 1.82) is 0 Å². The van der Waals surface area contributed by atoms with Crippen molar-refractivity contribution in [2.45, 2.75) is 12.6 Å². The first-order valence-electron chi connectivity index (χ1n) is 8.29. The number of piperazine rings is 1. The Labute approximate surface area is 162 Å². The molecule has 1 N–H and O–H groups in total. The van der Waals surface area contributed by atoms with Gasteiger partial charge in [-0.3, -0.25) is 4.90 Å². The molecule has 0 radical (unpaired) electrons. The van der Waals surface area contributed by atoms with Gasteiger partial charge in [-0.1, -0.05) is 29.4 Å². The molecule has 1 aromatic carbocycles. The maximum absolute atomic E-state index is 5.55. The first-order chi connectivity index (χ1) is 12.3. The third-order valence-electron chi connectivity index (χ3n) is 4.40. The number of thiophene rings is 1. The first kappa shape index (κ1) is 18.8. The van der Waals surface area contributed by atoms with Crippen LogP contribution in [0, 0.1) is 0 Å². The van der Waals surface area contributed by atoms with Crippen molar-refractivity contribution in [2.24, 2.45) is 0 Å². The molecule has 1 aliphatic heterocycles. The first-order valence-corrected chi connectivity index (χ1v) is 9.17. The van der Waals surface area contributed by atoms with E-state index in [0.717, 1.165) is 30.3 Å². The molecule has 8 heteroatoms. The molecule has 1 unspecified atom stereocenters. The van der Waals surface area contributed by atoms with Gasteiger partial charge in [0.2, 0.25) is 11.7 Å². The molecule has 26 heavy (non-hydrogen) atoms. The molecular formula is C18H21ClN4O2S. The Morgan fingerprint density at radius 1 is 1.31 bits per heavy atom. The van der Waals surface area contributed by atoms with Crippen molar-refractivity contribution < 1.29 is 9.26 Å². The van der Waals surface area contributed by atoms with Gasteiger partial charge in [0, 0.05) is 25.2 Å². The number of ether oxygens (including phenoxy) is 1. The van der Waals surface area contributed by atoms with E-state index in [9.17, 15) is 0 Å². The fourth-order valence-electron chi connectivity index (χ4n) is 3.18. The topological polar surface area (TPSA) is 63.4 Å². The maximum Gasteiger partial charge on any atom is 0.241 e. The second-order valence-corrected chi connectivity index (χ2v) is 6.87. The van der Waals surface area contributed by atoms with Crippen LogP contribution in [0.1, 0.15) is 17.5 Å². The summed E-state index contributed by atoms with van der Waals surface area (Å²) in [6.07, 6.45) is 0. The lowest BCUT2D eigenvalue weighted by Crippen LogP contribution is -2.45. The number of hydrogen-bond donors (Lipinski definition) is 1. The summed E-state index contributed by atoms with van der Waals surface area (Å²) in [5.74, 6) is 2.21. The Balaban J connectivity index is 0.00000196. The number of benzene rings is 1. The summed E-state index contributed by atoms with van der Waals surface area (Å²) in [5.41, 5.74) is 1.18. The molecule has 1 fully saturated rings. The molecule has 3 heterocycles. The number of nitrogens with zero attached hydrogens (tertiary/aromatic N) is 3. The molecule has 0 saturated carbocycles.